The molecule has 1 atom stereocenters. The molecule has 1 fully saturated rings. The predicted octanol–water partition coefficient (Wildman–Crippen LogP) is 3.74. The number of amides is 2. The number of unbranched alkanes of at least 4 members (excludes halogenated alkanes) is 1. The summed E-state index contributed by atoms with van der Waals surface area (Å²) in [6, 6.07) is 0.0638. The Morgan fingerprint density at radius 1 is 1.29 bits per heavy atom. The SMILES string of the molecule is CCCCn1ncc(C(=O)N(C)C2CCCN(C(=O)CC(C)(C)C)C2)c1CC. The Kier molecular flexibility index (Phi) is 7.67. The minimum absolute atomic E-state index is 0.0190. The highest BCUT2D eigenvalue weighted by atomic mass is 16.2. The first-order valence-corrected chi connectivity index (χ1v) is 10.8. The van der Waals surface area contributed by atoms with Gasteiger partial charge in [-0.15, -0.1) is 0 Å². The highest BCUT2D eigenvalue weighted by molar-refractivity contribution is 5.95. The van der Waals surface area contributed by atoms with Gasteiger partial charge in [0, 0.05) is 39.1 Å². The lowest BCUT2D eigenvalue weighted by atomic mass is 9.91. The number of carbonyl (C=O) groups is 2. The zero-order valence-electron chi connectivity index (χ0n) is 18.6. The molecule has 1 saturated heterocycles. The molecule has 6 nitrogen and oxygen atoms in total. The molecule has 0 bridgehead atoms. The molecule has 158 valence electrons. The molecule has 0 radical (unpaired) electrons. The fourth-order valence-corrected chi connectivity index (χ4v) is 3.88. The zero-order chi connectivity index (χ0) is 20.9. The van der Waals surface area contributed by atoms with Crippen molar-refractivity contribution in [2.45, 2.75) is 85.7 Å². The molecule has 0 spiro atoms. The highest BCUT2D eigenvalue weighted by Gasteiger charge is 2.31. The van der Waals surface area contributed by atoms with Crippen molar-refractivity contribution in [2.24, 2.45) is 5.41 Å². The van der Waals surface area contributed by atoms with Crippen LogP contribution < -0.4 is 0 Å². The lowest BCUT2D eigenvalue weighted by Gasteiger charge is -2.38. The summed E-state index contributed by atoms with van der Waals surface area (Å²) >= 11 is 0. The summed E-state index contributed by atoms with van der Waals surface area (Å²) in [5.41, 5.74) is 1.70. The summed E-state index contributed by atoms with van der Waals surface area (Å²) in [6.07, 6.45) is 7.10. The number of carbonyl (C=O) groups excluding carboxylic acids is 2. The van der Waals surface area contributed by atoms with Crippen molar-refractivity contribution >= 4 is 11.8 Å². The van der Waals surface area contributed by atoms with Gasteiger partial charge in [0.1, 0.15) is 0 Å². The third-order valence-corrected chi connectivity index (χ3v) is 5.54. The number of aromatic nitrogens is 2. The molecule has 1 aliphatic heterocycles. The van der Waals surface area contributed by atoms with Gasteiger partial charge < -0.3 is 9.80 Å². The van der Waals surface area contributed by atoms with Gasteiger partial charge in [-0.1, -0.05) is 41.0 Å². The molecule has 1 aliphatic rings. The molecule has 0 aliphatic carbocycles. The van der Waals surface area contributed by atoms with E-state index in [-0.39, 0.29) is 23.3 Å². The molecule has 1 unspecified atom stereocenters. The zero-order valence-corrected chi connectivity index (χ0v) is 18.6. The number of likely N-dealkylation sites (N-methyl/N-ethyl adjacent to an activating group) is 1. The van der Waals surface area contributed by atoms with Crippen LogP contribution in [0.1, 0.15) is 82.8 Å². The molecule has 0 N–H and O–H groups in total. The third-order valence-electron chi connectivity index (χ3n) is 5.54. The maximum Gasteiger partial charge on any atom is 0.257 e. The summed E-state index contributed by atoms with van der Waals surface area (Å²) < 4.78 is 1.98. The van der Waals surface area contributed by atoms with Gasteiger partial charge in [0.2, 0.25) is 5.91 Å². The Labute approximate surface area is 170 Å². The molecule has 1 aromatic heterocycles. The van der Waals surface area contributed by atoms with Crippen LogP contribution in [0.15, 0.2) is 6.20 Å². The Morgan fingerprint density at radius 3 is 2.61 bits per heavy atom. The van der Waals surface area contributed by atoms with Gasteiger partial charge in [0.25, 0.3) is 5.91 Å². The molecule has 0 saturated carbocycles. The van der Waals surface area contributed by atoms with Crippen molar-refractivity contribution in [1.29, 1.82) is 0 Å². The molecule has 0 aromatic carbocycles. The van der Waals surface area contributed by atoms with Crippen molar-refractivity contribution in [3.63, 3.8) is 0 Å². The molecule has 28 heavy (non-hydrogen) atoms. The maximum absolute atomic E-state index is 13.2. The summed E-state index contributed by atoms with van der Waals surface area (Å²) in [5.74, 6) is 0.217. The molecule has 6 heteroatoms. The number of piperidine rings is 1. The first-order valence-electron chi connectivity index (χ1n) is 10.8. The van der Waals surface area contributed by atoms with Gasteiger partial charge in [-0.3, -0.25) is 14.3 Å². The maximum atomic E-state index is 13.2. The Morgan fingerprint density at radius 2 is 2.00 bits per heavy atom. The number of hydrogen-bond donors (Lipinski definition) is 0. The Bertz CT molecular complexity index is 675. The van der Waals surface area contributed by atoms with Crippen LogP contribution >= 0.6 is 0 Å². The smallest absolute Gasteiger partial charge is 0.257 e. The van der Waals surface area contributed by atoms with E-state index in [1.165, 1.54) is 0 Å². The van der Waals surface area contributed by atoms with Gasteiger partial charge in [-0.05, 0) is 31.1 Å². The van der Waals surface area contributed by atoms with Gasteiger partial charge in [-0.2, -0.15) is 5.10 Å². The van der Waals surface area contributed by atoms with Crippen LogP contribution in [0.25, 0.3) is 0 Å². The summed E-state index contributed by atoms with van der Waals surface area (Å²) in [7, 11) is 1.87. The predicted molar refractivity (Wildman–Crippen MR) is 112 cm³/mol. The molecule has 1 aromatic rings. The van der Waals surface area contributed by atoms with Gasteiger partial charge in [0.05, 0.1) is 17.5 Å². The standard InChI is InChI=1S/C22H38N4O2/c1-7-9-13-26-19(8-2)18(15-23-26)21(28)24(6)17-11-10-12-25(16-17)20(27)14-22(3,4)5/h15,17H,7-14,16H2,1-6H3. The van der Waals surface area contributed by atoms with E-state index in [2.05, 4.69) is 39.7 Å². The third kappa shape index (κ3) is 5.58. The van der Waals surface area contributed by atoms with Crippen LogP contribution in [0.2, 0.25) is 0 Å². The fraction of sp³-hybridized carbons (Fsp3) is 0.773. The second kappa shape index (κ2) is 9.57. The van der Waals surface area contributed by atoms with Gasteiger partial charge in [-0.25, -0.2) is 0 Å². The van der Waals surface area contributed by atoms with Gasteiger partial charge in [0.15, 0.2) is 0 Å². The number of nitrogens with zero attached hydrogens (tertiary/aromatic N) is 4. The highest BCUT2D eigenvalue weighted by Crippen LogP contribution is 2.24. The van der Waals surface area contributed by atoms with Crippen LogP contribution in [0.5, 0.6) is 0 Å². The minimum Gasteiger partial charge on any atom is -0.341 e. The van der Waals surface area contributed by atoms with Crippen LogP contribution in [0.3, 0.4) is 0 Å². The van der Waals surface area contributed by atoms with E-state index in [0.717, 1.165) is 50.9 Å². The van der Waals surface area contributed by atoms with Crippen LogP contribution in [-0.4, -0.2) is 57.6 Å². The minimum atomic E-state index is -0.0190. The van der Waals surface area contributed by atoms with E-state index in [1.54, 1.807) is 6.20 Å². The fourth-order valence-electron chi connectivity index (χ4n) is 3.88. The topological polar surface area (TPSA) is 58.4 Å². The van der Waals surface area contributed by atoms with E-state index in [9.17, 15) is 9.59 Å². The van der Waals surface area contributed by atoms with Crippen LogP contribution in [0, 0.1) is 5.41 Å². The molecular weight excluding hydrogens is 352 g/mol. The summed E-state index contributed by atoms with van der Waals surface area (Å²) in [6.45, 7) is 12.8. The average Bonchev–Trinajstić information content (AvgIpc) is 3.06. The number of aryl methyl sites for hydroxylation is 1. The number of likely N-dealkylation sites (tertiary alicyclic amines) is 1. The largest absolute Gasteiger partial charge is 0.341 e. The second-order valence-corrected chi connectivity index (χ2v) is 9.22. The lowest BCUT2D eigenvalue weighted by molar-refractivity contribution is -0.135. The van der Waals surface area contributed by atoms with E-state index >= 15 is 0 Å². The number of rotatable bonds is 7. The second-order valence-electron chi connectivity index (χ2n) is 9.22. The van der Waals surface area contributed by atoms with E-state index in [0.29, 0.717) is 18.5 Å². The van der Waals surface area contributed by atoms with E-state index < -0.39 is 0 Å². The molecule has 2 amide bonds. The van der Waals surface area contributed by atoms with Crippen molar-refractivity contribution in [3.05, 3.63) is 17.5 Å². The normalized spacial score (nSPS) is 17.6. The number of hydrogen-bond acceptors (Lipinski definition) is 3. The molecular formula is C22H38N4O2. The van der Waals surface area contributed by atoms with Crippen molar-refractivity contribution in [3.8, 4) is 0 Å². The first kappa shape index (κ1) is 22.4. The summed E-state index contributed by atoms with van der Waals surface area (Å²) in [4.78, 5) is 29.6. The van der Waals surface area contributed by atoms with Crippen LogP contribution in [0.4, 0.5) is 0 Å². The van der Waals surface area contributed by atoms with E-state index in [4.69, 9.17) is 0 Å². The average molecular weight is 391 g/mol. The van der Waals surface area contributed by atoms with Crippen molar-refractivity contribution in [1.82, 2.24) is 19.6 Å². The monoisotopic (exact) mass is 390 g/mol. The van der Waals surface area contributed by atoms with Gasteiger partial charge >= 0.3 is 0 Å². The summed E-state index contributed by atoms with van der Waals surface area (Å²) in [5, 5.41) is 4.46. The Balaban J connectivity index is 2.08. The Hall–Kier alpha value is -1.85. The van der Waals surface area contributed by atoms with E-state index in [1.807, 2.05) is 21.5 Å². The van der Waals surface area contributed by atoms with Crippen molar-refractivity contribution < 1.29 is 9.59 Å². The van der Waals surface area contributed by atoms with Crippen molar-refractivity contribution in [2.75, 3.05) is 20.1 Å². The lowest BCUT2D eigenvalue weighted by Crippen LogP contribution is -2.50. The first-order chi connectivity index (χ1) is 13.2. The molecule has 2 heterocycles. The van der Waals surface area contributed by atoms with Crippen LogP contribution in [-0.2, 0) is 17.8 Å². The quantitative estimate of drug-likeness (QED) is 0.712. The molecule has 2 rings (SSSR count).